The molecule has 2 unspecified atom stereocenters. The number of aromatic nitrogens is 1. The summed E-state index contributed by atoms with van der Waals surface area (Å²) in [7, 11) is 0. The molecule has 0 amide bonds. The first kappa shape index (κ1) is 15.9. The van der Waals surface area contributed by atoms with E-state index in [0.717, 1.165) is 12.3 Å². The molecule has 2 heterocycles. The molecule has 0 saturated carbocycles. The van der Waals surface area contributed by atoms with Gasteiger partial charge in [0.2, 0.25) is 0 Å². The molecule has 1 fully saturated rings. The fourth-order valence-corrected chi connectivity index (χ4v) is 2.67. The maximum absolute atomic E-state index is 12.6. The van der Waals surface area contributed by atoms with Crippen LogP contribution in [0.3, 0.4) is 0 Å². The number of nitrogens with zero attached hydrogens (tertiary/aromatic N) is 2. The van der Waals surface area contributed by atoms with Gasteiger partial charge in [-0.2, -0.15) is 13.2 Å². The average Bonchev–Trinajstić information content (AvgIpc) is 2.38. The summed E-state index contributed by atoms with van der Waals surface area (Å²) in [6.07, 6.45) is -3.66. The van der Waals surface area contributed by atoms with Crippen LogP contribution in [0.2, 0.25) is 5.02 Å². The third-order valence-corrected chi connectivity index (χ3v) is 4.10. The van der Waals surface area contributed by atoms with Crippen LogP contribution >= 0.6 is 27.5 Å². The van der Waals surface area contributed by atoms with Gasteiger partial charge in [-0.15, -0.1) is 0 Å². The van der Waals surface area contributed by atoms with Crippen molar-refractivity contribution >= 4 is 33.3 Å². The summed E-state index contributed by atoms with van der Waals surface area (Å²) in [5, 5.41) is 0.649. The van der Waals surface area contributed by atoms with Crippen molar-refractivity contribution in [2.45, 2.75) is 25.2 Å². The summed E-state index contributed by atoms with van der Waals surface area (Å²) < 4.78 is 43.4. The molecule has 0 radical (unpaired) electrons. The first-order valence-corrected chi connectivity index (χ1v) is 7.49. The van der Waals surface area contributed by atoms with Crippen molar-refractivity contribution in [3.63, 3.8) is 0 Å². The lowest BCUT2D eigenvalue weighted by Gasteiger charge is -2.38. The number of rotatable bonds is 2. The first-order valence-electron chi connectivity index (χ1n) is 6.00. The minimum Gasteiger partial charge on any atom is -0.373 e. The summed E-state index contributed by atoms with van der Waals surface area (Å²) in [5.74, 6) is 0.362. The third-order valence-electron chi connectivity index (χ3n) is 3.10. The van der Waals surface area contributed by atoms with Crippen molar-refractivity contribution < 1.29 is 17.9 Å². The van der Waals surface area contributed by atoms with Gasteiger partial charge in [0.05, 0.1) is 29.3 Å². The largest absolute Gasteiger partial charge is 0.417 e. The van der Waals surface area contributed by atoms with Crippen LogP contribution in [0.1, 0.15) is 12.5 Å². The first-order chi connectivity index (χ1) is 9.32. The van der Waals surface area contributed by atoms with E-state index < -0.39 is 11.7 Å². The van der Waals surface area contributed by atoms with E-state index in [9.17, 15) is 13.2 Å². The number of hydrogen-bond donors (Lipinski definition) is 0. The Morgan fingerprint density at radius 1 is 1.55 bits per heavy atom. The van der Waals surface area contributed by atoms with E-state index in [1.165, 1.54) is 0 Å². The molecule has 1 aliphatic rings. The van der Waals surface area contributed by atoms with Crippen LogP contribution in [-0.2, 0) is 10.9 Å². The van der Waals surface area contributed by atoms with Crippen LogP contribution in [0.4, 0.5) is 19.0 Å². The fourth-order valence-electron chi connectivity index (χ4n) is 2.00. The molecule has 0 N–H and O–H groups in total. The molecule has 0 spiro atoms. The molecule has 20 heavy (non-hydrogen) atoms. The SMILES string of the molecule is CC1COC(CBr)CN1c1ncc(C(F)(F)F)cc1Cl. The van der Waals surface area contributed by atoms with Gasteiger partial charge in [-0.1, -0.05) is 27.5 Å². The Morgan fingerprint density at radius 3 is 2.80 bits per heavy atom. The molecule has 112 valence electrons. The normalized spacial score (nSPS) is 24.0. The van der Waals surface area contributed by atoms with Gasteiger partial charge in [0.1, 0.15) is 5.82 Å². The van der Waals surface area contributed by atoms with E-state index in [4.69, 9.17) is 16.3 Å². The molecule has 0 bridgehead atoms. The predicted molar refractivity (Wildman–Crippen MR) is 74.6 cm³/mol. The topological polar surface area (TPSA) is 25.4 Å². The lowest BCUT2D eigenvalue weighted by atomic mass is 10.2. The Labute approximate surface area is 128 Å². The Bertz CT molecular complexity index is 486. The van der Waals surface area contributed by atoms with Crippen LogP contribution in [-0.4, -0.2) is 35.6 Å². The van der Waals surface area contributed by atoms with E-state index in [0.29, 0.717) is 24.3 Å². The average molecular weight is 374 g/mol. The van der Waals surface area contributed by atoms with Crippen LogP contribution < -0.4 is 4.90 Å². The third kappa shape index (κ3) is 3.38. The highest BCUT2D eigenvalue weighted by molar-refractivity contribution is 9.09. The second kappa shape index (κ2) is 6.07. The highest BCUT2D eigenvalue weighted by atomic mass is 79.9. The molecule has 1 aromatic rings. The molecule has 0 aliphatic carbocycles. The van der Waals surface area contributed by atoms with E-state index in [1.807, 2.05) is 11.8 Å². The standard InChI is InChI=1S/C12H13BrClF3N2O/c1-7-6-20-9(3-13)5-19(7)11-10(14)2-8(4-18-11)12(15,16)17/h2,4,7,9H,3,5-6H2,1H3. The summed E-state index contributed by atoms with van der Waals surface area (Å²) in [4.78, 5) is 5.76. The van der Waals surface area contributed by atoms with Crippen molar-refractivity contribution in [3.8, 4) is 0 Å². The van der Waals surface area contributed by atoms with Crippen molar-refractivity contribution in [1.29, 1.82) is 0 Å². The predicted octanol–water partition coefficient (Wildman–Crippen LogP) is 3.74. The second-order valence-electron chi connectivity index (χ2n) is 4.64. The molecule has 1 aromatic heterocycles. The Hall–Kier alpha value is -0.530. The maximum atomic E-state index is 12.6. The lowest BCUT2D eigenvalue weighted by molar-refractivity contribution is -0.137. The minimum absolute atomic E-state index is 0.00176. The zero-order valence-electron chi connectivity index (χ0n) is 10.6. The van der Waals surface area contributed by atoms with E-state index >= 15 is 0 Å². The van der Waals surface area contributed by atoms with Gasteiger partial charge < -0.3 is 9.64 Å². The fraction of sp³-hybridized carbons (Fsp3) is 0.583. The molecule has 8 heteroatoms. The van der Waals surface area contributed by atoms with Crippen LogP contribution in [0.25, 0.3) is 0 Å². The highest BCUT2D eigenvalue weighted by Crippen LogP contribution is 2.34. The van der Waals surface area contributed by atoms with E-state index in [1.54, 1.807) is 0 Å². The number of morpholine rings is 1. The summed E-state index contributed by atoms with van der Waals surface area (Å²) in [6, 6.07) is 0.918. The van der Waals surface area contributed by atoms with Crippen molar-refractivity contribution in [2.24, 2.45) is 0 Å². The Morgan fingerprint density at radius 2 is 2.25 bits per heavy atom. The van der Waals surface area contributed by atoms with Gasteiger partial charge >= 0.3 is 6.18 Å². The Kier molecular flexibility index (Phi) is 4.81. The van der Waals surface area contributed by atoms with Gasteiger partial charge in [0.15, 0.2) is 0 Å². The maximum Gasteiger partial charge on any atom is 0.417 e. The lowest BCUT2D eigenvalue weighted by Crippen LogP contribution is -2.49. The summed E-state index contributed by atoms with van der Waals surface area (Å²) in [6.45, 7) is 2.93. The van der Waals surface area contributed by atoms with Gasteiger partial charge in [-0.05, 0) is 13.0 Å². The number of ether oxygens (including phenoxy) is 1. The second-order valence-corrected chi connectivity index (χ2v) is 5.69. The van der Waals surface area contributed by atoms with E-state index in [-0.39, 0.29) is 17.2 Å². The van der Waals surface area contributed by atoms with Gasteiger partial charge in [0, 0.05) is 18.1 Å². The van der Waals surface area contributed by atoms with E-state index in [2.05, 4.69) is 20.9 Å². The van der Waals surface area contributed by atoms with Crippen molar-refractivity contribution in [1.82, 2.24) is 4.98 Å². The molecular formula is C12H13BrClF3N2O. The summed E-state index contributed by atoms with van der Waals surface area (Å²) in [5.41, 5.74) is -0.843. The smallest absolute Gasteiger partial charge is 0.373 e. The number of hydrogen-bond acceptors (Lipinski definition) is 3. The molecular weight excluding hydrogens is 360 g/mol. The molecule has 3 nitrogen and oxygen atoms in total. The van der Waals surface area contributed by atoms with Crippen molar-refractivity contribution in [2.75, 3.05) is 23.4 Å². The quantitative estimate of drug-likeness (QED) is 0.739. The van der Waals surface area contributed by atoms with Crippen molar-refractivity contribution in [3.05, 3.63) is 22.8 Å². The minimum atomic E-state index is -4.44. The number of alkyl halides is 4. The van der Waals surface area contributed by atoms with Gasteiger partial charge in [0.25, 0.3) is 0 Å². The summed E-state index contributed by atoms with van der Waals surface area (Å²) >= 11 is 9.30. The number of pyridine rings is 1. The highest BCUT2D eigenvalue weighted by Gasteiger charge is 2.33. The van der Waals surface area contributed by atoms with Crippen LogP contribution in [0, 0.1) is 0 Å². The Balaban J connectivity index is 2.28. The van der Waals surface area contributed by atoms with Crippen LogP contribution in [0.5, 0.6) is 0 Å². The van der Waals surface area contributed by atoms with Gasteiger partial charge in [-0.25, -0.2) is 4.98 Å². The van der Waals surface area contributed by atoms with Gasteiger partial charge in [-0.3, -0.25) is 0 Å². The number of halogens is 5. The molecule has 2 atom stereocenters. The zero-order valence-corrected chi connectivity index (χ0v) is 13.0. The number of anilines is 1. The zero-order chi connectivity index (χ0) is 14.9. The monoisotopic (exact) mass is 372 g/mol. The molecule has 2 rings (SSSR count). The molecule has 1 saturated heterocycles. The molecule has 0 aromatic carbocycles. The van der Waals surface area contributed by atoms with Crippen LogP contribution in [0.15, 0.2) is 12.3 Å². The molecule has 1 aliphatic heterocycles.